The standard InChI is InChI=1S/C23H28N6O2.HI/c1-24-23(25-9-8-22-26-18-4-2-3-5-19(18)27-22)29-12-10-28(11-13-29)15-17-6-7-20-21(14-17)31-16-30-20;/h2-7,14H,8-13,15-16H2,1H3,(H,24,25)(H,26,27);1H. The molecular formula is C23H29IN6O2. The fourth-order valence-electron chi connectivity index (χ4n) is 4.16. The average Bonchev–Trinajstić information content (AvgIpc) is 3.43. The second-order valence-corrected chi connectivity index (χ2v) is 7.88. The van der Waals surface area contributed by atoms with E-state index in [9.17, 15) is 0 Å². The highest BCUT2D eigenvalue weighted by Crippen LogP contribution is 2.32. The van der Waals surface area contributed by atoms with Gasteiger partial charge in [-0.1, -0.05) is 18.2 Å². The first-order valence-corrected chi connectivity index (χ1v) is 10.8. The number of aromatic amines is 1. The molecule has 32 heavy (non-hydrogen) atoms. The maximum Gasteiger partial charge on any atom is 0.231 e. The van der Waals surface area contributed by atoms with Crippen LogP contribution in [0.1, 0.15) is 11.4 Å². The Morgan fingerprint density at radius 2 is 1.91 bits per heavy atom. The van der Waals surface area contributed by atoms with Gasteiger partial charge in [-0.25, -0.2) is 4.98 Å². The minimum atomic E-state index is 0. The molecule has 1 aromatic heterocycles. The molecule has 0 aliphatic carbocycles. The van der Waals surface area contributed by atoms with Crippen LogP contribution in [0.15, 0.2) is 47.5 Å². The summed E-state index contributed by atoms with van der Waals surface area (Å²) in [7, 11) is 1.85. The summed E-state index contributed by atoms with van der Waals surface area (Å²) in [5.41, 5.74) is 3.35. The zero-order chi connectivity index (χ0) is 21.0. The number of nitrogens with zero attached hydrogens (tertiary/aromatic N) is 4. The summed E-state index contributed by atoms with van der Waals surface area (Å²) in [5, 5.41) is 3.49. The van der Waals surface area contributed by atoms with Crippen molar-refractivity contribution in [3.8, 4) is 11.5 Å². The Morgan fingerprint density at radius 1 is 1.09 bits per heavy atom. The highest BCUT2D eigenvalue weighted by atomic mass is 127. The molecule has 0 saturated carbocycles. The molecule has 1 fully saturated rings. The maximum atomic E-state index is 5.50. The average molecular weight is 548 g/mol. The maximum absolute atomic E-state index is 5.50. The molecule has 1 saturated heterocycles. The van der Waals surface area contributed by atoms with Crippen LogP contribution in [0.25, 0.3) is 11.0 Å². The van der Waals surface area contributed by atoms with Crippen LogP contribution in [-0.2, 0) is 13.0 Å². The van der Waals surface area contributed by atoms with E-state index in [0.717, 1.165) is 80.0 Å². The van der Waals surface area contributed by atoms with Gasteiger partial charge < -0.3 is 24.7 Å². The number of guanidine groups is 1. The molecule has 8 nitrogen and oxygen atoms in total. The molecule has 3 aromatic rings. The summed E-state index contributed by atoms with van der Waals surface area (Å²) in [6.07, 6.45) is 0.831. The number of H-pyrrole nitrogens is 1. The third kappa shape index (κ3) is 5.09. The van der Waals surface area contributed by atoms with Crippen LogP contribution in [0.5, 0.6) is 11.5 Å². The minimum Gasteiger partial charge on any atom is -0.454 e. The quantitative estimate of drug-likeness (QED) is 0.290. The van der Waals surface area contributed by atoms with Gasteiger partial charge in [-0.05, 0) is 29.8 Å². The molecule has 0 amide bonds. The summed E-state index contributed by atoms with van der Waals surface area (Å²) in [6.45, 7) is 5.94. The number of benzene rings is 2. The van der Waals surface area contributed by atoms with Gasteiger partial charge in [0.1, 0.15) is 5.82 Å². The monoisotopic (exact) mass is 548 g/mol. The van der Waals surface area contributed by atoms with Crippen LogP contribution >= 0.6 is 24.0 Å². The smallest absolute Gasteiger partial charge is 0.231 e. The van der Waals surface area contributed by atoms with Crippen molar-refractivity contribution < 1.29 is 9.47 Å². The van der Waals surface area contributed by atoms with Gasteiger partial charge in [-0.2, -0.15) is 0 Å². The molecule has 2 N–H and O–H groups in total. The van der Waals surface area contributed by atoms with Crippen molar-refractivity contribution in [2.45, 2.75) is 13.0 Å². The fourth-order valence-corrected chi connectivity index (χ4v) is 4.16. The molecule has 0 bridgehead atoms. The molecule has 3 heterocycles. The predicted octanol–water partition coefficient (Wildman–Crippen LogP) is 2.85. The topological polar surface area (TPSA) is 78.0 Å². The summed E-state index contributed by atoms with van der Waals surface area (Å²) in [6, 6.07) is 14.3. The van der Waals surface area contributed by atoms with E-state index in [1.807, 2.05) is 31.3 Å². The molecule has 0 radical (unpaired) electrons. The van der Waals surface area contributed by atoms with Crippen LogP contribution in [0, 0.1) is 0 Å². The molecule has 0 atom stereocenters. The van der Waals surface area contributed by atoms with E-state index in [0.29, 0.717) is 6.79 Å². The largest absolute Gasteiger partial charge is 0.454 e. The summed E-state index contributed by atoms with van der Waals surface area (Å²) < 4.78 is 10.9. The van der Waals surface area contributed by atoms with Gasteiger partial charge in [0.25, 0.3) is 0 Å². The Bertz CT molecular complexity index is 1040. The number of hydrogen-bond donors (Lipinski definition) is 2. The fraction of sp³-hybridized carbons (Fsp3) is 0.391. The second kappa shape index (κ2) is 10.4. The van der Waals surface area contributed by atoms with E-state index in [1.165, 1.54) is 5.56 Å². The number of para-hydroxylation sites is 2. The zero-order valence-electron chi connectivity index (χ0n) is 18.2. The third-order valence-corrected chi connectivity index (χ3v) is 5.81. The first kappa shape index (κ1) is 22.7. The lowest BCUT2D eigenvalue weighted by Gasteiger charge is -2.36. The zero-order valence-corrected chi connectivity index (χ0v) is 20.5. The van der Waals surface area contributed by atoms with Crippen LogP contribution in [0.2, 0.25) is 0 Å². The Balaban J connectivity index is 0.00000245. The van der Waals surface area contributed by atoms with Crippen LogP contribution in [0.4, 0.5) is 0 Å². The number of aromatic nitrogens is 2. The lowest BCUT2D eigenvalue weighted by Crippen LogP contribution is -2.52. The molecule has 2 aliphatic heterocycles. The van der Waals surface area contributed by atoms with Crippen molar-refractivity contribution >= 4 is 41.0 Å². The molecule has 2 aliphatic rings. The molecule has 0 unspecified atom stereocenters. The highest BCUT2D eigenvalue weighted by molar-refractivity contribution is 14.0. The highest BCUT2D eigenvalue weighted by Gasteiger charge is 2.21. The van der Waals surface area contributed by atoms with Gasteiger partial charge in [0.2, 0.25) is 6.79 Å². The molecule has 0 spiro atoms. The van der Waals surface area contributed by atoms with Crippen molar-refractivity contribution in [2.24, 2.45) is 4.99 Å². The van der Waals surface area contributed by atoms with E-state index >= 15 is 0 Å². The first-order chi connectivity index (χ1) is 15.3. The molecule has 2 aromatic carbocycles. The lowest BCUT2D eigenvalue weighted by molar-refractivity contribution is 0.171. The Morgan fingerprint density at radius 3 is 2.72 bits per heavy atom. The number of rotatable bonds is 5. The number of ether oxygens (including phenoxy) is 2. The first-order valence-electron chi connectivity index (χ1n) is 10.8. The molecule has 170 valence electrons. The van der Waals surface area contributed by atoms with E-state index in [-0.39, 0.29) is 24.0 Å². The summed E-state index contributed by atoms with van der Waals surface area (Å²) in [5.74, 6) is 3.65. The van der Waals surface area contributed by atoms with Crippen molar-refractivity contribution in [3.05, 3.63) is 53.9 Å². The molecular weight excluding hydrogens is 519 g/mol. The van der Waals surface area contributed by atoms with Crippen LogP contribution < -0.4 is 14.8 Å². The number of fused-ring (bicyclic) bond motifs is 2. The van der Waals surface area contributed by atoms with Crippen molar-refractivity contribution in [2.75, 3.05) is 46.6 Å². The summed E-state index contributed by atoms with van der Waals surface area (Å²) >= 11 is 0. The van der Waals surface area contributed by atoms with Gasteiger partial charge in [0.15, 0.2) is 17.5 Å². The van der Waals surface area contributed by atoms with Crippen molar-refractivity contribution in [1.29, 1.82) is 0 Å². The van der Waals surface area contributed by atoms with Crippen molar-refractivity contribution in [1.82, 2.24) is 25.1 Å². The molecule has 9 heteroatoms. The van der Waals surface area contributed by atoms with Gasteiger partial charge in [-0.15, -0.1) is 24.0 Å². The van der Waals surface area contributed by atoms with E-state index in [1.54, 1.807) is 0 Å². The van der Waals surface area contributed by atoms with Crippen molar-refractivity contribution in [3.63, 3.8) is 0 Å². The van der Waals surface area contributed by atoms with Gasteiger partial charge in [0.05, 0.1) is 11.0 Å². The Labute approximate surface area is 205 Å². The van der Waals surface area contributed by atoms with E-state index in [2.05, 4.69) is 48.3 Å². The summed E-state index contributed by atoms with van der Waals surface area (Å²) in [4.78, 5) is 17.3. The number of imidazole rings is 1. The third-order valence-electron chi connectivity index (χ3n) is 5.81. The number of piperazine rings is 1. The van der Waals surface area contributed by atoms with Gasteiger partial charge in [0, 0.05) is 52.7 Å². The lowest BCUT2D eigenvalue weighted by atomic mass is 10.1. The van der Waals surface area contributed by atoms with E-state index in [4.69, 9.17) is 9.47 Å². The molecule has 5 rings (SSSR count). The minimum absolute atomic E-state index is 0. The van der Waals surface area contributed by atoms with Gasteiger partial charge in [-0.3, -0.25) is 9.89 Å². The predicted molar refractivity (Wildman–Crippen MR) is 136 cm³/mol. The van der Waals surface area contributed by atoms with Crippen LogP contribution in [0.3, 0.4) is 0 Å². The second-order valence-electron chi connectivity index (χ2n) is 7.88. The SMILES string of the molecule is CN=C(NCCc1nc2ccccc2[nH]1)N1CCN(Cc2ccc3c(c2)OCO3)CC1.I. The number of nitrogens with one attached hydrogen (secondary N) is 2. The number of hydrogen-bond acceptors (Lipinski definition) is 5. The number of aliphatic imine (C=N–C) groups is 1. The number of halogens is 1. The Kier molecular flexibility index (Phi) is 7.36. The van der Waals surface area contributed by atoms with Crippen LogP contribution in [-0.4, -0.2) is 72.3 Å². The van der Waals surface area contributed by atoms with E-state index < -0.39 is 0 Å². The normalized spacial score (nSPS) is 16.3. The van der Waals surface area contributed by atoms with Gasteiger partial charge >= 0.3 is 0 Å². The Hall–Kier alpha value is -2.53.